The van der Waals surface area contributed by atoms with Gasteiger partial charge in [-0.3, -0.25) is 4.79 Å². The van der Waals surface area contributed by atoms with E-state index in [9.17, 15) is 26.7 Å². The van der Waals surface area contributed by atoms with Crippen LogP contribution >= 0.6 is 0 Å². The van der Waals surface area contributed by atoms with Gasteiger partial charge in [-0.1, -0.05) is 0 Å². The number of rotatable bonds is 2. The summed E-state index contributed by atoms with van der Waals surface area (Å²) in [5, 5.41) is 8.93. The van der Waals surface area contributed by atoms with Crippen LogP contribution in [0.5, 0.6) is 5.75 Å². The molecule has 0 aliphatic heterocycles. The standard InChI is InChI=1S/C10H8F5NO2/c1-16(6-2-4-7(17)5-3-6)8(18)9(11,12)10(13,14)15/h2-5,17H,1H3. The van der Waals surface area contributed by atoms with Gasteiger partial charge in [0.25, 0.3) is 0 Å². The van der Waals surface area contributed by atoms with E-state index in [0.29, 0.717) is 0 Å². The van der Waals surface area contributed by atoms with Crippen molar-refractivity contribution in [1.29, 1.82) is 0 Å². The summed E-state index contributed by atoms with van der Waals surface area (Å²) in [6, 6.07) is 4.20. The molecule has 8 heteroatoms. The van der Waals surface area contributed by atoms with Gasteiger partial charge in [-0.25, -0.2) is 0 Å². The number of aromatic hydroxyl groups is 1. The summed E-state index contributed by atoms with van der Waals surface area (Å²) >= 11 is 0. The van der Waals surface area contributed by atoms with Crippen LogP contribution in [0.15, 0.2) is 24.3 Å². The zero-order chi connectivity index (χ0) is 14.1. The average Bonchev–Trinajstić information content (AvgIpc) is 2.26. The molecule has 1 amide bonds. The summed E-state index contributed by atoms with van der Waals surface area (Å²) in [6.45, 7) is 0. The Hall–Kier alpha value is -1.86. The fourth-order valence-electron chi connectivity index (χ4n) is 1.13. The van der Waals surface area contributed by atoms with E-state index >= 15 is 0 Å². The zero-order valence-corrected chi connectivity index (χ0v) is 9.00. The van der Waals surface area contributed by atoms with E-state index in [1.807, 2.05) is 0 Å². The predicted molar refractivity (Wildman–Crippen MR) is 52.5 cm³/mol. The molecule has 1 aromatic carbocycles. The number of halogens is 5. The van der Waals surface area contributed by atoms with E-state index in [4.69, 9.17) is 5.11 Å². The van der Waals surface area contributed by atoms with Crippen LogP contribution in [0.1, 0.15) is 0 Å². The first-order chi connectivity index (χ1) is 8.07. The van der Waals surface area contributed by atoms with Crippen LogP contribution in [0.25, 0.3) is 0 Å². The van der Waals surface area contributed by atoms with Gasteiger partial charge >= 0.3 is 18.0 Å². The Bertz CT molecular complexity index is 441. The predicted octanol–water partition coefficient (Wildman–Crippen LogP) is 2.55. The number of phenolic OH excluding ortho intramolecular Hbond substituents is 1. The number of amides is 1. The van der Waals surface area contributed by atoms with Gasteiger partial charge in [-0.15, -0.1) is 0 Å². The zero-order valence-electron chi connectivity index (χ0n) is 9.00. The summed E-state index contributed by atoms with van der Waals surface area (Å²) in [4.78, 5) is 11.3. The smallest absolute Gasteiger partial charge is 0.463 e. The number of alkyl halides is 5. The third kappa shape index (κ3) is 2.52. The molecule has 0 aliphatic carbocycles. The monoisotopic (exact) mass is 269 g/mol. The lowest BCUT2D eigenvalue weighted by Gasteiger charge is -2.24. The number of nitrogens with zero attached hydrogens (tertiary/aromatic N) is 1. The molecule has 0 saturated heterocycles. The second-order valence-corrected chi connectivity index (χ2v) is 3.45. The maximum absolute atomic E-state index is 12.8. The average molecular weight is 269 g/mol. The van der Waals surface area contributed by atoms with Crippen molar-refractivity contribution in [3.05, 3.63) is 24.3 Å². The molecule has 1 aromatic rings. The first kappa shape index (κ1) is 14.2. The highest BCUT2D eigenvalue weighted by Crippen LogP contribution is 2.37. The Balaban J connectivity index is 3.01. The Morgan fingerprint density at radius 3 is 1.94 bits per heavy atom. The van der Waals surface area contributed by atoms with Gasteiger partial charge in [-0.2, -0.15) is 22.0 Å². The SMILES string of the molecule is CN(C(=O)C(F)(F)C(F)(F)F)c1ccc(O)cc1. The van der Waals surface area contributed by atoms with E-state index in [0.717, 1.165) is 31.3 Å². The van der Waals surface area contributed by atoms with Crippen molar-refractivity contribution in [3.8, 4) is 5.75 Å². The molecule has 0 heterocycles. The molecule has 0 radical (unpaired) electrons. The van der Waals surface area contributed by atoms with E-state index in [1.54, 1.807) is 0 Å². The topological polar surface area (TPSA) is 40.5 Å². The fourth-order valence-corrected chi connectivity index (χ4v) is 1.13. The van der Waals surface area contributed by atoms with Crippen LogP contribution in [0, 0.1) is 0 Å². The minimum absolute atomic E-state index is 0.174. The number of benzene rings is 1. The molecule has 0 aromatic heterocycles. The molecular formula is C10H8F5NO2. The highest BCUT2D eigenvalue weighted by atomic mass is 19.4. The molecule has 0 aliphatic rings. The minimum atomic E-state index is -5.95. The van der Waals surface area contributed by atoms with Crippen LogP contribution in [-0.2, 0) is 4.79 Å². The first-order valence-corrected chi connectivity index (χ1v) is 4.59. The molecule has 3 nitrogen and oxygen atoms in total. The highest BCUT2D eigenvalue weighted by molar-refractivity contribution is 5.98. The van der Waals surface area contributed by atoms with Crippen LogP contribution in [0.3, 0.4) is 0 Å². The summed E-state index contributed by atoms with van der Waals surface area (Å²) in [7, 11) is 0.786. The summed E-state index contributed by atoms with van der Waals surface area (Å²) in [5.74, 6) is -8.05. The second-order valence-electron chi connectivity index (χ2n) is 3.45. The Morgan fingerprint density at radius 1 is 1.11 bits per heavy atom. The summed E-state index contributed by atoms with van der Waals surface area (Å²) in [6.07, 6.45) is -5.95. The normalized spacial score (nSPS) is 12.3. The van der Waals surface area contributed by atoms with Crippen molar-refractivity contribution in [1.82, 2.24) is 0 Å². The van der Waals surface area contributed by atoms with Gasteiger partial charge in [0.15, 0.2) is 0 Å². The molecule has 100 valence electrons. The van der Waals surface area contributed by atoms with Gasteiger partial charge in [0.05, 0.1) is 0 Å². The lowest BCUT2D eigenvalue weighted by atomic mass is 10.2. The first-order valence-electron chi connectivity index (χ1n) is 4.59. The Labute approximate surface area is 98.4 Å². The number of carbonyl (C=O) groups is 1. The molecule has 1 N–H and O–H groups in total. The van der Waals surface area contributed by atoms with Gasteiger partial charge in [0, 0.05) is 12.7 Å². The maximum atomic E-state index is 12.8. The quantitative estimate of drug-likeness (QED) is 0.838. The van der Waals surface area contributed by atoms with Crippen molar-refractivity contribution in [3.63, 3.8) is 0 Å². The largest absolute Gasteiger partial charge is 0.508 e. The van der Waals surface area contributed by atoms with E-state index in [-0.39, 0.29) is 16.3 Å². The molecule has 0 atom stereocenters. The van der Waals surface area contributed by atoms with Crippen LogP contribution in [-0.4, -0.2) is 30.2 Å². The summed E-state index contributed by atoms with van der Waals surface area (Å²) in [5.41, 5.74) is -0.193. The van der Waals surface area contributed by atoms with Crippen molar-refractivity contribution in [2.75, 3.05) is 11.9 Å². The van der Waals surface area contributed by atoms with Crippen molar-refractivity contribution >= 4 is 11.6 Å². The number of hydrogen-bond acceptors (Lipinski definition) is 2. The second kappa shape index (κ2) is 4.43. The third-order valence-electron chi connectivity index (χ3n) is 2.17. The Morgan fingerprint density at radius 2 is 1.56 bits per heavy atom. The van der Waals surface area contributed by atoms with Crippen molar-refractivity contribution < 1.29 is 31.9 Å². The highest BCUT2D eigenvalue weighted by Gasteiger charge is 2.64. The number of anilines is 1. The van der Waals surface area contributed by atoms with Gasteiger partial charge in [0.2, 0.25) is 0 Å². The fraction of sp³-hybridized carbons (Fsp3) is 0.300. The lowest BCUT2D eigenvalue weighted by Crippen LogP contribution is -2.51. The Kier molecular flexibility index (Phi) is 3.50. The lowest BCUT2D eigenvalue weighted by molar-refractivity contribution is -0.268. The van der Waals surface area contributed by atoms with Crippen molar-refractivity contribution in [2.45, 2.75) is 12.1 Å². The molecule has 0 spiro atoms. The molecule has 0 saturated carbocycles. The van der Waals surface area contributed by atoms with Gasteiger partial charge < -0.3 is 10.0 Å². The molecular weight excluding hydrogens is 261 g/mol. The van der Waals surface area contributed by atoms with Crippen LogP contribution < -0.4 is 4.90 Å². The van der Waals surface area contributed by atoms with Crippen LogP contribution in [0.4, 0.5) is 27.6 Å². The number of carbonyl (C=O) groups excluding carboxylic acids is 1. The van der Waals surface area contributed by atoms with Crippen molar-refractivity contribution in [2.24, 2.45) is 0 Å². The minimum Gasteiger partial charge on any atom is -0.508 e. The molecule has 0 bridgehead atoms. The molecule has 0 fully saturated rings. The van der Waals surface area contributed by atoms with Crippen LogP contribution in [0.2, 0.25) is 0 Å². The van der Waals surface area contributed by atoms with E-state index in [1.165, 1.54) is 0 Å². The molecule has 0 unspecified atom stereocenters. The van der Waals surface area contributed by atoms with Gasteiger partial charge in [-0.05, 0) is 24.3 Å². The van der Waals surface area contributed by atoms with Gasteiger partial charge in [0.1, 0.15) is 5.75 Å². The van der Waals surface area contributed by atoms with E-state index in [2.05, 4.69) is 0 Å². The summed E-state index contributed by atoms with van der Waals surface area (Å²) < 4.78 is 61.5. The number of hydrogen-bond donors (Lipinski definition) is 1. The third-order valence-corrected chi connectivity index (χ3v) is 2.17. The maximum Gasteiger partial charge on any atom is 0.463 e. The molecule has 18 heavy (non-hydrogen) atoms. The molecule has 1 rings (SSSR count). The number of phenols is 1. The van der Waals surface area contributed by atoms with E-state index < -0.39 is 18.0 Å².